The van der Waals surface area contributed by atoms with E-state index in [0.717, 1.165) is 17.8 Å². The zero-order valence-electron chi connectivity index (χ0n) is 16.2. The molecule has 0 bridgehead atoms. The van der Waals surface area contributed by atoms with Crippen LogP contribution in [0.1, 0.15) is 16.8 Å². The monoisotopic (exact) mass is 441 g/mol. The van der Waals surface area contributed by atoms with Crippen molar-refractivity contribution in [2.24, 2.45) is 0 Å². The number of piperazine rings is 1. The van der Waals surface area contributed by atoms with Crippen molar-refractivity contribution in [1.82, 2.24) is 9.62 Å². The van der Waals surface area contributed by atoms with E-state index in [1.807, 2.05) is 4.90 Å². The maximum atomic E-state index is 13.6. The van der Waals surface area contributed by atoms with Gasteiger partial charge in [-0.1, -0.05) is 0 Å². The molecule has 6 nitrogen and oxygen atoms in total. The quantitative estimate of drug-likeness (QED) is 0.670. The van der Waals surface area contributed by atoms with Gasteiger partial charge in [0.15, 0.2) is 0 Å². The van der Waals surface area contributed by atoms with Crippen LogP contribution in [0.3, 0.4) is 0 Å². The number of carbonyl (C=O) groups excluding carboxylic acids is 1. The molecule has 1 fully saturated rings. The first-order valence-electron chi connectivity index (χ1n) is 9.48. The van der Waals surface area contributed by atoms with E-state index < -0.39 is 27.6 Å². The largest absolute Gasteiger partial charge is 0.369 e. The van der Waals surface area contributed by atoms with Gasteiger partial charge in [0.05, 0.1) is 11.3 Å². The lowest BCUT2D eigenvalue weighted by Crippen LogP contribution is -2.49. The van der Waals surface area contributed by atoms with E-state index in [4.69, 9.17) is 0 Å². The highest BCUT2D eigenvalue weighted by atomic mass is 32.2. The summed E-state index contributed by atoms with van der Waals surface area (Å²) in [7, 11) is -3.50. The first-order valence-corrected chi connectivity index (χ1v) is 11.1. The summed E-state index contributed by atoms with van der Waals surface area (Å²) < 4.78 is 66.0. The van der Waals surface area contributed by atoms with Crippen LogP contribution in [0.4, 0.5) is 18.9 Å². The van der Waals surface area contributed by atoms with Crippen molar-refractivity contribution in [2.75, 3.05) is 43.4 Å². The van der Waals surface area contributed by atoms with Gasteiger partial charge < -0.3 is 10.2 Å². The molecule has 1 amide bonds. The van der Waals surface area contributed by atoms with Crippen LogP contribution in [-0.2, 0) is 10.0 Å². The van der Waals surface area contributed by atoms with E-state index in [2.05, 4.69) is 5.32 Å². The summed E-state index contributed by atoms with van der Waals surface area (Å²) in [5, 5.41) is 2.44. The van der Waals surface area contributed by atoms with Crippen molar-refractivity contribution in [3.63, 3.8) is 0 Å². The third kappa shape index (κ3) is 5.51. The SMILES string of the molecule is O=C(NCCCS(=O)(=O)N1CCN(c2ccc(F)cc2)CC1)c1ccc(F)cc1F. The summed E-state index contributed by atoms with van der Waals surface area (Å²) in [6.07, 6.45) is 0.162. The molecule has 2 aromatic carbocycles. The minimum Gasteiger partial charge on any atom is -0.369 e. The molecule has 0 radical (unpaired) electrons. The fourth-order valence-corrected chi connectivity index (χ4v) is 4.72. The second-order valence-electron chi connectivity index (χ2n) is 6.91. The molecule has 1 saturated heterocycles. The Morgan fingerprint density at radius 2 is 1.57 bits per heavy atom. The van der Waals surface area contributed by atoms with E-state index in [1.165, 1.54) is 16.4 Å². The fraction of sp³-hybridized carbons (Fsp3) is 0.350. The maximum absolute atomic E-state index is 13.6. The van der Waals surface area contributed by atoms with Crippen molar-refractivity contribution >= 4 is 21.6 Å². The molecule has 1 N–H and O–H groups in total. The van der Waals surface area contributed by atoms with Gasteiger partial charge in [-0.05, 0) is 42.8 Å². The summed E-state index contributed by atoms with van der Waals surface area (Å²) in [6.45, 7) is 1.65. The molecule has 0 atom stereocenters. The van der Waals surface area contributed by atoms with Gasteiger partial charge in [0.1, 0.15) is 17.5 Å². The smallest absolute Gasteiger partial charge is 0.254 e. The van der Waals surface area contributed by atoms with Crippen LogP contribution in [0, 0.1) is 17.5 Å². The standard InChI is InChI=1S/C20H22F3N3O3S/c21-15-2-5-17(6-3-15)25-9-11-26(12-10-25)30(28,29)13-1-8-24-20(27)18-7-4-16(22)14-19(18)23/h2-7,14H,1,8-13H2,(H,24,27). The fourth-order valence-electron chi connectivity index (χ4n) is 3.23. The first kappa shape index (κ1) is 22.1. The van der Waals surface area contributed by atoms with E-state index in [-0.39, 0.29) is 30.1 Å². The molecule has 0 saturated carbocycles. The van der Waals surface area contributed by atoms with Gasteiger partial charge >= 0.3 is 0 Å². The summed E-state index contributed by atoms with van der Waals surface area (Å²) in [6, 6.07) is 8.68. The summed E-state index contributed by atoms with van der Waals surface area (Å²) in [5.41, 5.74) is 0.542. The topological polar surface area (TPSA) is 69.7 Å². The molecule has 0 unspecified atom stereocenters. The number of nitrogens with one attached hydrogen (secondary N) is 1. The van der Waals surface area contributed by atoms with Gasteiger partial charge in [-0.3, -0.25) is 4.79 Å². The van der Waals surface area contributed by atoms with Gasteiger partial charge in [0.25, 0.3) is 5.91 Å². The number of sulfonamides is 1. The maximum Gasteiger partial charge on any atom is 0.254 e. The highest BCUT2D eigenvalue weighted by Crippen LogP contribution is 2.18. The summed E-state index contributed by atoms with van der Waals surface area (Å²) >= 11 is 0. The van der Waals surface area contributed by atoms with Gasteiger partial charge in [0, 0.05) is 44.5 Å². The minimum absolute atomic E-state index is 0.0461. The Morgan fingerprint density at radius 3 is 2.20 bits per heavy atom. The highest BCUT2D eigenvalue weighted by Gasteiger charge is 2.26. The third-order valence-electron chi connectivity index (χ3n) is 4.86. The van der Waals surface area contributed by atoms with Gasteiger partial charge in [-0.2, -0.15) is 4.31 Å². The molecule has 3 rings (SSSR count). The molecule has 0 aliphatic carbocycles. The van der Waals surface area contributed by atoms with Crippen LogP contribution in [0.5, 0.6) is 0 Å². The second-order valence-corrected chi connectivity index (χ2v) is 9.00. The van der Waals surface area contributed by atoms with Crippen molar-refractivity contribution in [3.8, 4) is 0 Å². The number of amides is 1. The highest BCUT2D eigenvalue weighted by molar-refractivity contribution is 7.89. The Bertz CT molecular complexity index is 992. The van der Waals surface area contributed by atoms with Crippen LogP contribution >= 0.6 is 0 Å². The number of rotatable bonds is 7. The van der Waals surface area contributed by atoms with Crippen LogP contribution in [0.15, 0.2) is 42.5 Å². The van der Waals surface area contributed by atoms with Crippen LogP contribution < -0.4 is 10.2 Å². The lowest BCUT2D eigenvalue weighted by Gasteiger charge is -2.35. The molecule has 10 heteroatoms. The lowest BCUT2D eigenvalue weighted by molar-refractivity contribution is 0.0949. The van der Waals surface area contributed by atoms with E-state index >= 15 is 0 Å². The molecule has 1 aliphatic rings. The normalized spacial score (nSPS) is 15.2. The molecule has 1 heterocycles. The number of anilines is 1. The zero-order chi connectivity index (χ0) is 21.7. The van der Waals surface area contributed by atoms with Crippen molar-refractivity contribution in [1.29, 1.82) is 0 Å². The summed E-state index contributed by atoms with van der Waals surface area (Å²) in [4.78, 5) is 13.9. The molecule has 2 aromatic rings. The van der Waals surface area contributed by atoms with E-state index in [9.17, 15) is 26.4 Å². The molecular weight excluding hydrogens is 419 g/mol. The van der Waals surface area contributed by atoms with Crippen LogP contribution in [0.2, 0.25) is 0 Å². The average Bonchev–Trinajstić information content (AvgIpc) is 2.72. The Balaban J connectivity index is 1.44. The molecule has 162 valence electrons. The number of hydrogen-bond donors (Lipinski definition) is 1. The van der Waals surface area contributed by atoms with Gasteiger partial charge in [-0.15, -0.1) is 0 Å². The van der Waals surface area contributed by atoms with Crippen molar-refractivity contribution < 1.29 is 26.4 Å². The molecular formula is C20H22F3N3O3S. The average molecular weight is 441 g/mol. The Labute approximate surface area is 173 Å². The van der Waals surface area contributed by atoms with Crippen LogP contribution in [0.25, 0.3) is 0 Å². The number of nitrogens with zero attached hydrogens (tertiary/aromatic N) is 2. The Kier molecular flexibility index (Phi) is 6.99. The number of hydrogen-bond acceptors (Lipinski definition) is 4. The predicted molar refractivity (Wildman–Crippen MR) is 107 cm³/mol. The van der Waals surface area contributed by atoms with E-state index in [0.29, 0.717) is 32.2 Å². The molecule has 1 aliphatic heterocycles. The third-order valence-corrected chi connectivity index (χ3v) is 6.82. The number of benzene rings is 2. The molecule has 30 heavy (non-hydrogen) atoms. The Hall–Kier alpha value is -2.59. The zero-order valence-corrected chi connectivity index (χ0v) is 17.0. The van der Waals surface area contributed by atoms with E-state index in [1.54, 1.807) is 12.1 Å². The molecule has 0 aromatic heterocycles. The summed E-state index contributed by atoms with van der Waals surface area (Å²) in [5.74, 6) is -2.96. The molecule has 0 spiro atoms. The van der Waals surface area contributed by atoms with Gasteiger partial charge in [-0.25, -0.2) is 21.6 Å². The number of carbonyl (C=O) groups is 1. The lowest BCUT2D eigenvalue weighted by atomic mass is 10.2. The minimum atomic E-state index is -3.50. The van der Waals surface area contributed by atoms with Crippen LogP contribution in [-0.4, -0.2) is 57.1 Å². The van der Waals surface area contributed by atoms with Gasteiger partial charge in [0.2, 0.25) is 10.0 Å². The first-order chi connectivity index (χ1) is 14.3. The number of halogens is 3. The van der Waals surface area contributed by atoms with Crippen molar-refractivity contribution in [3.05, 3.63) is 65.5 Å². The van der Waals surface area contributed by atoms with Crippen molar-refractivity contribution in [2.45, 2.75) is 6.42 Å². The second kappa shape index (κ2) is 9.48. The predicted octanol–water partition coefficient (Wildman–Crippen LogP) is 2.38. The Morgan fingerprint density at radius 1 is 0.933 bits per heavy atom.